The fraction of sp³-hybridized carbons (Fsp3) is 0.727. The molecular formula is C11H18N2O3. The molecule has 1 rings (SSSR count). The Bertz CT molecular complexity index is 287. The van der Waals surface area contributed by atoms with Crippen LogP contribution in [0.1, 0.15) is 32.6 Å². The number of hydrogen-bond donors (Lipinski definition) is 1. The summed E-state index contributed by atoms with van der Waals surface area (Å²) in [4.78, 5) is 35.3. The Morgan fingerprint density at radius 2 is 2.12 bits per heavy atom. The van der Waals surface area contributed by atoms with Gasteiger partial charge in [0.2, 0.25) is 12.2 Å². The lowest BCUT2D eigenvalue weighted by molar-refractivity contribution is -0.145. The van der Waals surface area contributed by atoms with Crippen LogP contribution in [0.15, 0.2) is 0 Å². The van der Waals surface area contributed by atoms with Crippen molar-refractivity contribution in [2.24, 2.45) is 0 Å². The van der Waals surface area contributed by atoms with Crippen LogP contribution in [0.3, 0.4) is 0 Å². The molecule has 16 heavy (non-hydrogen) atoms. The van der Waals surface area contributed by atoms with Crippen molar-refractivity contribution in [1.82, 2.24) is 10.2 Å². The standard InChI is InChI=1S/C11H18N2O3/c1-3-4-9(12-7-14)10(15)11(16)13(2)8-5-6-8/h7-9H,3-6H2,1-2H3,(H,12,14). The molecule has 1 aliphatic rings. The predicted octanol–water partition coefficient (Wildman–Crippen LogP) is 0.0910. The van der Waals surface area contributed by atoms with E-state index in [9.17, 15) is 14.4 Å². The number of rotatable bonds is 7. The lowest BCUT2D eigenvalue weighted by Gasteiger charge is -2.19. The third kappa shape index (κ3) is 3.05. The first-order chi connectivity index (χ1) is 7.61. The third-order valence-corrected chi connectivity index (χ3v) is 2.79. The van der Waals surface area contributed by atoms with Crippen molar-refractivity contribution in [1.29, 1.82) is 0 Å². The Balaban J connectivity index is 2.57. The largest absolute Gasteiger partial charge is 0.348 e. The molecule has 2 amide bonds. The van der Waals surface area contributed by atoms with E-state index < -0.39 is 17.7 Å². The highest BCUT2D eigenvalue weighted by atomic mass is 16.2. The van der Waals surface area contributed by atoms with Crippen molar-refractivity contribution in [3.63, 3.8) is 0 Å². The smallest absolute Gasteiger partial charge is 0.292 e. The second kappa shape index (κ2) is 5.63. The molecule has 5 heteroatoms. The summed E-state index contributed by atoms with van der Waals surface area (Å²) < 4.78 is 0. The topological polar surface area (TPSA) is 66.5 Å². The molecule has 0 aromatic heterocycles. The first-order valence-electron chi connectivity index (χ1n) is 5.62. The number of likely N-dealkylation sites (N-methyl/N-ethyl adjacent to an activating group) is 1. The number of Topliss-reactive ketones (excluding diaryl/α,β-unsaturated/α-hetero) is 1. The fourth-order valence-electron chi connectivity index (χ4n) is 1.61. The molecule has 0 aliphatic heterocycles. The Hall–Kier alpha value is -1.39. The first kappa shape index (κ1) is 12.7. The predicted molar refractivity (Wildman–Crippen MR) is 58.7 cm³/mol. The van der Waals surface area contributed by atoms with Crippen LogP contribution >= 0.6 is 0 Å². The van der Waals surface area contributed by atoms with E-state index in [1.165, 1.54) is 4.90 Å². The van der Waals surface area contributed by atoms with Crippen molar-refractivity contribution in [3.8, 4) is 0 Å². The van der Waals surface area contributed by atoms with Crippen LogP contribution in [0.4, 0.5) is 0 Å². The average Bonchev–Trinajstić information content (AvgIpc) is 3.09. The molecule has 1 N–H and O–H groups in total. The second-order valence-corrected chi connectivity index (χ2v) is 4.14. The van der Waals surface area contributed by atoms with E-state index in [1.54, 1.807) is 7.05 Å². The maximum Gasteiger partial charge on any atom is 0.292 e. The molecule has 1 saturated carbocycles. The van der Waals surface area contributed by atoms with Gasteiger partial charge in [-0.25, -0.2) is 0 Å². The summed E-state index contributed by atoms with van der Waals surface area (Å²) in [6, 6.07) is -0.453. The van der Waals surface area contributed by atoms with Crippen molar-refractivity contribution < 1.29 is 14.4 Å². The van der Waals surface area contributed by atoms with Crippen LogP contribution in [0.25, 0.3) is 0 Å². The normalized spacial score (nSPS) is 16.4. The van der Waals surface area contributed by atoms with Gasteiger partial charge in [0.25, 0.3) is 5.91 Å². The maximum atomic E-state index is 11.8. The van der Waals surface area contributed by atoms with Gasteiger partial charge < -0.3 is 10.2 Å². The zero-order valence-electron chi connectivity index (χ0n) is 9.73. The van der Waals surface area contributed by atoms with Crippen LogP contribution in [0.2, 0.25) is 0 Å². The summed E-state index contributed by atoms with van der Waals surface area (Å²) in [6.45, 7) is 1.90. The Labute approximate surface area is 95.2 Å². The SMILES string of the molecule is CCCC(NC=O)C(=O)C(=O)N(C)C1CC1. The Kier molecular flexibility index (Phi) is 4.46. The molecular weight excluding hydrogens is 208 g/mol. The minimum Gasteiger partial charge on any atom is -0.348 e. The molecule has 0 bridgehead atoms. The van der Waals surface area contributed by atoms with Gasteiger partial charge in [0, 0.05) is 13.1 Å². The molecule has 1 fully saturated rings. The minimum absolute atomic E-state index is 0.218. The fourth-order valence-corrected chi connectivity index (χ4v) is 1.61. The van der Waals surface area contributed by atoms with Crippen molar-refractivity contribution in [2.45, 2.75) is 44.7 Å². The minimum atomic E-state index is -0.670. The molecule has 0 saturated heterocycles. The summed E-state index contributed by atoms with van der Waals surface area (Å²) in [5.41, 5.74) is 0. The van der Waals surface area contributed by atoms with Gasteiger partial charge in [0.15, 0.2) is 0 Å². The van der Waals surface area contributed by atoms with E-state index >= 15 is 0 Å². The number of hydrogen-bond acceptors (Lipinski definition) is 3. The van der Waals surface area contributed by atoms with E-state index in [2.05, 4.69) is 5.32 Å². The monoisotopic (exact) mass is 226 g/mol. The number of carbonyl (C=O) groups is 3. The lowest BCUT2D eigenvalue weighted by Crippen LogP contribution is -2.46. The second-order valence-electron chi connectivity index (χ2n) is 4.14. The summed E-state index contributed by atoms with van der Waals surface area (Å²) in [5, 5.41) is 2.40. The highest BCUT2D eigenvalue weighted by Crippen LogP contribution is 2.25. The molecule has 0 spiro atoms. The van der Waals surface area contributed by atoms with Crippen LogP contribution in [0, 0.1) is 0 Å². The highest BCUT2D eigenvalue weighted by molar-refractivity contribution is 6.38. The molecule has 90 valence electrons. The first-order valence-corrected chi connectivity index (χ1v) is 5.62. The van der Waals surface area contributed by atoms with Gasteiger partial charge in [0.05, 0.1) is 6.04 Å². The number of nitrogens with zero attached hydrogens (tertiary/aromatic N) is 1. The van der Waals surface area contributed by atoms with E-state index in [1.807, 2.05) is 6.92 Å². The molecule has 0 radical (unpaired) electrons. The van der Waals surface area contributed by atoms with Gasteiger partial charge in [-0.05, 0) is 19.3 Å². The van der Waals surface area contributed by atoms with E-state index in [-0.39, 0.29) is 6.04 Å². The van der Waals surface area contributed by atoms with Crippen LogP contribution < -0.4 is 5.32 Å². The van der Waals surface area contributed by atoms with E-state index in [0.717, 1.165) is 19.3 Å². The van der Waals surface area contributed by atoms with Crippen molar-refractivity contribution in [3.05, 3.63) is 0 Å². The molecule has 0 aromatic rings. The highest BCUT2D eigenvalue weighted by Gasteiger charge is 2.35. The van der Waals surface area contributed by atoms with Crippen LogP contribution in [0.5, 0.6) is 0 Å². The van der Waals surface area contributed by atoms with E-state index in [4.69, 9.17) is 0 Å². The van der Waals surface area contributed by atoms with Crippen LogP contribution in [-0.4, -0.2) is 42.1 Å². The van der Waals surface area contributed by atoms with Gasteiger partial charge in [-0.2, -0.15) is 0 Å². The van der Waals surface area contributed by atoms with Gasteiger partial charge >= 0.3 is 0 Å². The van der Waals surface area contributed by atoms with Crippen LogP contribution in [-0.2, 0) is 14.4 Å². The molecule has 0 heterocycles. The molecule has 5 nitrogen and oxygen atoms in total. The summed E-state index contributed by atoms with van der Waals surface area (Å²) in [7, 11) is 1.64. The van der Waals surface area contributed by atoms with Gasteiger partial charge in [0.1, 0.15) is 0 Å². The molecule has 1 unspecified atom stereocenters. The summed E-state index contributed by atoms with van der Waals surface area (Å²) in [5.74, 6) is -1.00. The molecule has 0 aromatic carbocycles. The molecule has 1 aliphatic carbocycles. The Morgan fingerprint density at radius 1 is 1.50 bits per heavy atom. The summed E-state index contributed by atoms with van der Waals surface area (Å²) in [6.07, 6.45) is 3.66. The van der Waals surface area contributed by atoms with Crippen molar-refractivity contribution >= 4 is 18.1 Å². The number of ketones is 1. The quantitative estimate of drug-likeness (QED) is 0.494. The molecule has 1 atom stereocenters. The van der Waals surface area contributed by atoms with E-state index in [0.29, 0.717) is 12.8 Å². The zero-order chi connectivity index (χ0) is 12.1. The maximum absolute atomic E-state index is 11.8. The van der Waals surface area contributed by atoms with Crippen molar-refractivity contribution in [2.75, 3.05) is 7.05 Å². The Morgan fingerprint density at radius 3 is 2.56 bits per heavy atom. The zero-order valence-corrected chi connectivity index (χ0v) is 9.73. The lowest BCUT2D eigenvalue weighted by atomic mass is 10.1. The number of carbonyl (C=O) groups excluding carboxylic acids is 3. The number of nitrogens with one attached hydrogen (secondary N) is 1. The summed E-state index contributed by atoms with van der Waals surface area (Å²) >= 11 is 0. The van der Waals surface area contributed by atoms with Gasteiger partial charge in [-0.3, -0.25) is 14.4 Å². The third-order valence-electron chi connectivity index (χ3n) is 2.79. The van der Waals surface area contributed by atoms with Gasteiger partial charge in [-0.1, -0.05) is 13.3 Å². The number of amides is 2. The van der Waals surface area contributed by atoms with Gasteiger partial charge in [-0.15, -0.1) is 0 Å². The average molecular weight is 226 g/mol.